The Kier molecular flexibility index (Phi) is 5.49. The minimum Gasteiger partial charge on any atom is -0.332 e. The first-order valence-corrected chi connectivity index (χ1v) is 7.66. The number of hydrogen-bond donors (Lipinski definition) is 1. The summed E-state index contributed by atoms with van der Waals surface area (Å²) in [6, 6.07) is 11.3. The van der Waals surface area contributed by atoms with Crippen molar-refractivity contribution in [3.63, 3.8) is 0 Å². The van der Waals surface area contributed by atoms with Gasteiger partial charge in [-0.25, -0.2) is 0 Å². The van der Waals surface area contributed by atoms with E-state index in [1.54, 1.807) is 6.07 Å². The molecule has 130 valence electrons. The summed E-state index contributed by atoms with van der Waals surface area (Å²) >= 11 is 0. The predicted octanol–water partition coefficient (Wildman–Crippen LogP) is 2.92. The number of nitro groups is 1. The van der Waals surface area contributed by atoms with Gasteiger partial charge in [-0.3, -0.25) is 19.7 Å². The van der Waals surface area contributed by atoms with E-state index in [0.29, 0.717) is 5.69 Å². The maximum absolute atomic E-state index is 12.4. The van der Waals surface area contributed by atoms with E-state index in [2.05, 4.69) is 5.32 Å². The predicted molar refractivity (Wildman–Crippen MR) is 94.6 cm³/mol. The highest BCUT2D eigenvalue weighted by molar-refractivity contribution is 6.01. The Labute approximate surface area is 145 Å². The molecule has 0 aliphatic carbocycles. The fraction of sp³-hybridized carbons (Fsp3) is 0.222. The Morgan fingerprint density at radius 1 is 1.08 bits per heavy atom. The van der Waals surface area contributed by atoms with Crippen molar-refractivity contribution >= 4 is 23.2 Å². The standard InChI is InChI=1S/C18H19N3O4/c1-12-7-6-8-13(2)17(12)19-16(22)11-20(3)18(23)14-9-4-5-10-15(14)21(24)25/h4-10H,11H2,1-3H3,(H,19,22). The van der Waals surface area contributed by atoms with Gasteiger partial charge in [0.1, 0.15) is 5.56 Å². The molecule has 0 spiro atoms. The van der Waals surface area contributed by atoms with Crippen molar-refractivity contribution in [2.45, 2.75) is 13.8 Å². The number of likely N-dealkylation sites (N-methyl/N-ethyl adjacent to an activating group) is 1. The molecule has 7 nitrogen and oxygen atoms in total. The zero-order valence-electron chi connectivity index (χ0n) is 14.3. The molecule has 0 fully saturated rings. The minimum atomic E-state index is -0.613. The smallest absolute Gasteiger partial charge is 0.282 e. The van der Waals surface area contributed by atoms with Gasteiger partial charge in [0.05, 0.1) is 11.5 Å². The van der Waals surface area contributed by atoms with Crippen molar-refractivity contribution < 1.29 is 14.5 Å². The number of aryl methyl sites for hydroxylation is 2. The molecule has 0 radical (unpaired) electrons. The lowest BCUT2D eigenvalue weighted by Crippen LogP contribution is -2.35. The normalized spacial score (nSPS) is 10.2. The van der Waals surface area contributed by atoms with E-state index < -0.39 is 10.8 Å². The highest BCUT2D eigenvalue weighted by Gasteiger charge is 2.23. The molecule has 0 bridgehead atoms. The van der Waals surface area contributed by atoms with E-state index in [1.807, 2.05) is 32.0 Å². The highest BCUT2D eigenvalue weighted by atomic mass is 16.6. The first-order valence-electron chi connectivity index (χ1n) is 7.66. The van der Waals surface area contributed by atoms with Crippen LogP contribution in [0.25, 0.3) is 0 Å². The second-order valence-corrected chi connectivity index (χ2v) is 5.75. The van der Waals surface area contributed by atoms with Gasteiger partial charge in [0.15, 0.2) is 0 Å². The SMILES string of the molecule is Cc1cccc(C)c1NC(=O)CN(C)C(=O)c1ccccc1[N+](=O)[O-]. The molecule has 0 aliphatic heterocycles. The minimum absolute atomic E-state index is 0.0464. The van der Waals surface area contributed by atoms with Crippen LogP contribution in [0.4, 0.5) is 11.4 Å². The largest absolute Gasteiger partial charge is 0.332 e. The lowest BCUT2D eigenvalue weighted by molar-refractivity contribution is -0.385. The van der Waals surface area contributed by atoms with Crippen LogP contribution in [0.3, 0.4) is 0 Å². The average molecular weight is 341 g/mol. The number of carbonyl (C=O) groups is 2. The summed E-state index contributed by atoms with van der Waals surface area (Å²) in [5.41, 5.74) is 2.21. The maximum atomic E-state index is 12.4. The second-order valence-electron chi connectivity index (χ2n) is 5.75. The molecule has 7 heteroatoms. The van der Waals surface area contributed by atoms with Gasteiger partial charge in [-0.15, -0.1) is 0 Å². The molecule has 2 rings (SSSR count). The Morgan fingerprint density at radius 2 is 1.68 bits per heavy atom. The van der Waals surface area contributed by atoms with Crippen molar-refractivity contribution in [2.24, 2.45) is 0 Å². The van der Waals surface area contributed by atoms with Crippen molar-refractivity contribution in [1.82, 2.24) is 4.90 Å². The van der Waals surface area contributed by atoms with Crippen LogP contribution in [0.15, 0.2) is 42.5 Å². The summed E-state index contributed by atoms with van der Waals surface area (Å²) in [6.45, 7) is 3.55. The van der Waals surface area contributed by atoms with Gasteiger partial charge >= 0.3 is 0 Å². The van der Waals surface area contributed by atoms with Gasteiger partial charge in [0.2, 0.25) is 5.91 Å². The van der Waals surface area contributed by atoms with Gasteiger partial charge in [-0.2, -0.15) is 0 Å². The Morgan fingerprint density at radius 3 is 2.28 bits per heavy atom. The Bertz CT molecular complexity index is 813. The van der Waals surface area contributed by atoms with Crippen molar-refractivity contribution in [3.05, 3.63) is 69.3 Å². The lowest BCUT2D eigenvalue weighted by atomic mass is 10.1. The van der Waals surface area contributed by atoms with E-state index in [0.717, 1.165) is 16.0 Å². The van der Waals surface area contributed by atoms with E-state index >= 15 is 0 Å². The number of para-hydroxylation sites is 2. The monoisotopic (exact) mass is 341 g/mol. The number of carbonyl (C=O) groups excluding carboxylic acids is 2. The van der Waals surface area contributed by atoms with Crippen LogP contribution < -0.4 is 5.32 Å². The molecule has 0 saturated heterocycles. The summed E-state index contributed by atoms with van der Waals surface area (Å²) in [7, 11) is 1.43. The fourth-order valence-corrected chi connectivity index (χ4v) is 2.50. The molecule has 0 atom stereocenters. The first kappa shape index (κ1) is 18.1. The number of hydrogen-bond acceptors (Lipinski definition) is 4. The summed E-state index contributed by atoms with van der Waals surface area (Å²) in [5, 5.41) is 13.8. The summed E-state index contributed by atoms with van der Waals surface area (Å²) in [6.07, 6.45) is 0. The molecular weight excluding hydrogens is 322 g/mol. The van der Waals surface area contributed by atoms with Gasteiger partial charge in [0.25, 0.3) is 11.6 Å². The summed E-state index contributed by atoms with van der Waals surface area (Å²) < 4.78 is 0. The fourth-order valence-electron chi connectivity index (χ4n) is 2.50. The number of nitrogens with zero attached hydrogens (tertiary/aromatic N) is 2. The molecule has 0 aliphatic rings. The number of amides is 2. The Hall–Kier alpha value is -3.22. The zero-order chi connectivity index (χ0) is 18.6. The third-order valence-electron chi connectivity index (χ3n) is 3.80. The van der Waals surface area contributed by atoms with Crippen molar-refractivity contribution in [2.75, 3.05) is 18.9 Å². The third-order valence-corrected chi connectivity index (χ3v) is 3.80. The van der Waals surface area contributed by atoms with Gasteiger partial charge < -0.3 is 10.2 Å². The van der Waals surface area contributed by atoms with E-state index in [4.69, 9.17) is 0 Å². The molecule has 1 N–H and O–H groups in total. The van der Waals surface area contributed by atoms with Crippen LogP contribution in [-0.4, -0.2) is 35.2 Å². The van der Waals surface area contributed by atoms with Gasteiger partial charge in [-0.05, 0) is 31.0 Å². The van der Waals surface area contributed by atoms with Crippen LogP contribution in [0.1, 0.15) is 21.5 Å². The third kappa shape index (κ3) is 4.20. The average Bonchev–Trinajstić information content (AvgIpc) is 2.57. The molecule has 25 heavy (non-hydrogen) atoms. The van der Waals surface area contributed by atoms with Crippen LogP contribution in [-0.2, 0) is 4.79 Å². The van der Waals surface area contributed by atoms with E-state index in [1.165, 1.54) is 25.2 Å². The zero-order valence-corrected chi connectivity index (χ0v) is 14.3. The van der Waals surface area contributed by atoms with Gasteiger partial charge in [0, 0.05) is 18.8 Å². The Balaban J connectivity index is 2.11. The second kappa shape index (κ2) is 7.57. The number of anilines is 1. The molecule has 0 heterocycles. The topological polar surface area (TPSA) is 92.6 Å². The highest BCUT2D eigenvalue weighted by Crippen LogP contribution is 2.20. The summed E-state index contributed by atoms with van der Waals surface area (Å²) in [4.78, 5) is 36.3. The van der Waals surface area contributed by atoms with Crippen molar-refractivity contribution in [1.29, 1.82) is 0 Å². The molecule has 0 saturated carbocycles. The molecule has 2 aromatic rings. The summed E-state index contributed by atoms with van der Waals surface area (Å²) in [5.74, 6) is -0.948. The lowest BCUT2D eigenvalue weighted by Gasteiger charge is -2.18. The number of nitro benzene ring substituents is 1. The first-order chi connectivity index (χ1) is 11.8. The van der Waals surface area contributed by atoms with Gasteiger partial charge in [-0.1, -0.05) is 30.3 Å². The number of nitrogens with one attached hydrogen (secondary N) is 1. The van der Waals surface area contributed by atoms with Crippen molar-refractivity contribution in [3.8, 4) is 0 Å². The molecule has 0 unspecified atom stereocenters. The molecule has 2 aromatic carbocycles. The van der Waals surface area contributed by atoms with Crippen LogP contribution in [0.5, 0.6) is 0 Å². The van der Waals surface area contributed by atoms with Crippen LogP contribution in [0.2, 0.25) is 0 Å². The number of rotatable bonds is 5. The number of benzene rings is 2. The molecule has 2 amide bonds. The quantitative estimate of drug-likeness (QED) is 0.668. The maximum Gasteiger partial charge on any atom is 0.282 e. The van der Waals surface area contributed by atoms with Crippen LogP contribution in [0, 0.1) is 24.0 Å². The van der Waals surface area contributed by atoms with E-state index in [9.17, 15) is 19.7 Å². The molecular formula is C18H19N3O4. The van der Waals surface area contributed by atoms with Crippen LogP contribution >= 0.6 is 0 Å². The van der Waals surface area contributed by atoms with E-state index in [-0.39, 0.29) is 23.7 Å². The molecule has 0 aromatic heterocycles.